The van der Waals surface area contributed by atoms with E-state index in [1.165, 1.54) is 25.9 Å². The summed E-state index contributed by atoms with van der Waals surface area (Å²) in [6.07, 6.45) is 2.62. The van der Waals surface area contributed by atoms with E-state index in [1.54, 1.807) is 69.3 Å². The Bertz CT molecular complexity index is 921. The molecule has 198 valence electrons. The van der Waals surface area contributed by atoms with Gasteiger partial charge in [0.2, 0.25) is 0 Å². The number of rotatable bonds is 5. The van der Waals surface area contributed by atoms with Crippen molar-refractivity contribution in [1.82, 2.24) is 4.90 Å². The van der Waals surface area contributed by atoms with Crippen LogP contribution in [0.4, 0.5) is 4.79 Å². The summed E-state index contributed by atoms with van der Waals surface area (Å²) in [5.74, 6) is 0.178. The molecular weight excluding hydrogens is 460 g/mol. The van der Waals surface area contributed by atoms with Gasteiger partial charge in [-0.1, -0.05) is 37.3 Å². The number of aryl methyl sites for hydroxylation is 1. The van der Waals surface area contributed by atoms with Crippen molar-refractivity contribution in [1.29, 1.82) is 0 Å². The van der Waals surface area contributed by atoms with Gasteiger partial charge in [-0.2, -0.15) is 0 Å². The Morgan fingerprint density at radius 2 is 1.56 bits per heavy atom. The molecular formula is C28H40N2O6. The van der Waals surface area contributed by atoms with E-state index >= 15 is 0 Å². The van der Waals surface area contributed by atoms with E-state index in [1.807, 2.05) is 6.07 Å². The molecule has 3 rings (SSSR count). The van der Waals surface area contributed by atoms with Crippen molar-refractivity contribution in [3.63, 3.8) is 0 Å². The fraction of sp³-hybridized carbons (Fsp3) is 0.464. The lowest BCUT2D eigenvalue weighted by Gasteiger charge is -2.26. The van der Waals surface area contributed by atoms with Crippen LogP contribution in [0.5, 0.6) is 5.75 Å². The fourth-order valence-electron chi connectivity index (χ4n) is 3.16. The highest BCUT2D eigenvalue weighted by atomic mass is 16.6. The molecule has 1 fully saturated rings. The van der Waals surface area contributed by atoms with E-state index in [2.05, 4.69) is 23.6 Å². The number of carbonyl (C=O) groups excluding carboxylic acids is 2. The summed E-state index contributed by atoms with van der Waals surface area (Å²) in [5.41, 5.74) is 5.65. The largest absolute Gasteiger partial charge is 0.481 e. The van der Waals surface area contributed by atoms with E-state index in [-0.39, 0.29) is 6.42 Å². The molecule has 1 heterocycles. The molecule has 0 spiro atoms. The number of ether oxygens (including phenoxy) is 2. The van der Waals surface area contributed by atoms with Gasteiger partial charge in [0.25, 0.3) is 0 Å². The lowest BCUT2D eigenvalue weighted by molar-refractivity contribution is -0.136. The first-order chi connectivity index (χ1) is 16.9. The molecule has 0 bridgehead atoms. The van der Waals surface area contributed by atoms with Gasteiger partial charge in [-0.3, -0.25) is 4.79 Å². The van der Waals surface area contributed by atoms with Crippen molar-refractivity contribution < 1.29 is 29.0 Å². The maximum atomic E-state index is 11.8. The number of esters is 1. The molecule has 0 atom stereocenters. The van der Waals surface area contributed by atoms with Crippen LogP contribution in [0.2, 0.25) is 0 Å². The monoisotopic (exact) mass is 500 g/mol. The molecule has 3 N–H and O–H groups in total. The number of likely N-dealkylation sites (tertiary alicyclic amines) is 1. The number of carbonyl (C=O) groups is 3. The third kappa shape index (κ3) is 14.8. The second-order valence-corrected chi connectivity index (χ2v) is 9.81. The number of hydrogen-bond donors (Lipinski definition) is 2. The Labute approximate surface area is 214 Å². The van der Waals surface area contributed by atoms with Crippen LogP contribution in [-0.2, 0) is 16.0 Å². The summed E-state index contributed by atoms with van der Waals surface area (Å²) >= 11 is 0. The van der Waals surface area contributed by atoms with Crippen LogP contribution >= 0.6 is 0 Å². The fourth-order valence-corrected chi connectivity index (χ4v) is 3.16. The van der Waals surface area contributed by atoms with Crippen molar-refractivity contribution in [2.75, 3.05) is 20.1 Å². The van der Waals surface area contributed by atoms with Crippen LogP contribution in [0.15, 0.2) is 54.6 Å². The molecule has 0 aliphatic carbocycles. The third-order valence-electron chi connectivity index (χ3n) is 5.18. The van der Waals surface area contributed by atoms with Crippen molar-refractivity contribution in [3.05, 3.63) is 65.7 Å². The summed E-state index contributed by atoms with van der Waals surface area (Å²) in [7, 11) is 2.20. The Balaban J connectivity index is 0.000000333. The second kappa shape index (κ2) is 15.6. The van der Waals surface area contributed by atoms with Crippen LogP contribution < -0.4 is 10.5 Å². The van der Waals surface area contributed by atoms with Crippen LogP contribution in [-0.4, -0.2) is 53.8 Å². The summed E-state index contributed by atoms with van der Waals surface area (Å²) in [6, 6.07) is 15.6. The predicted octanol–water partition coefficient (Wildman–Crippen LogP) is 5.15. The highest BCUT2D eigenvalue weighted by Crippen LogP contribution is 2.15. The molecule has 1 aliphatic heterocycles. The highest BCUT2D eigenvalue weighted by Gasteiger charge is 2.12. The van der Waals surface area contributed by atoms with E-state index in [9.17, 15) is 14.4 Å². The van der Waals surface area contributed by atoms with Crippen molar-refractivity contribution >= 4 is 18.0 Å². The van der Waals surface area contributed by atoms with Crippen LogP contribution in [0.25, 0.3) is 0 Å². The first-order valence-corrected chi connectivity index (χ1v) is 12.1. The minimum Gasteiger partial charge on any atom is -0.481 e. The van der Waals surface area contributed by atoms with Gasteiger partial charge in [0.05, 0.1) is 5.56 Å². The number of carboxylic acid groups (broad SMARTS) is 1. The van der Waals surface area contributed by atoms with Crippen molar-refractivity contribution in [3.8, 4) is 5.75 Å². The zero-order valence-corrected chi connectivity index (χ0v) is 22.0. The van der Waals surface area contributed by atoms with Gasteiger partial charge >= 0.3 is 18.0 Å². The van der Waals surface area contributed by atoms with Crippen molar-refractivity contribution in [2.24, 2.45) is 11.7 Å². The maximum absolute atomic E-state index is 11.8. The molecule has 2 aromatic rings. The lowest BCUT2D eigenvalue weighted by Crippen LogP contribution is -2.28. The quantitative estimate of drug-likeness (QED) is 0.430. The van der Waals surface area contributed by atoms with Gasteiger partial charge in [-0.25, -0.2) is 9.59 Å². The molecule has 0 unspecified atom stereocenters. The average Bonchev–Trinajstić information content (AvgIpc) is 2.80. The Morgan fingerprint density at radius 3 is 1.97 bits per heavy atom. The molecule has 1 aliphatic rings. The molecule has 0 saturated carbocycles. The molecule has 1 amide bonds. The topological polar surface area (TPSA) is 119 Å². The SMILES string of the molecule is CC(C)(C)OC(N)=O.CC1CCN(C)CC1.O=C(O)CCc1ccc(OC(=O)c2ccccc2)cc1. The molecule has 8 heteroatoms. The highest BCUT2D eigenvalue weighted by molar-refractivity contribution is 5.90. The van der Waals surface area contributed by atoms with Crippen LogP contribution in [0, 0.1) is 5.92 Å². The summed E-state index contributed by atoms with van der Waals surface area (Å²) in [5, 5.41) is 8.61. The molecule has 0 radical (unpaired) electrons. The van der Waals surface area contributed by atoms with Crippen LogP contribution in [0.3, 0.4) is 0 Å². The number of amides is 1. The van der Waals surface area contributed by atoms with Gasteiger partial charge in [-0.15, -0.1) is 0 Å². The number of hydrogen-bond acceptors (Lipinski definition) is 6. The van der Waals surface area contributed by atoms with E-state index < -0.39 is 23.6 Å². The molecule has 2 aromatic carbocycles. The number of nitrogens with zero attached hydrogens (tertiary/aromatic N) is 1. The minimum atomic E-state index is -0.829. The summed E-state index contributed by atoms with van der Waals surface area (Å²) in [4.78, 5) is 34.7. The number of primary amides is 1. The first kappa shape index (κ1) is 30.6. The maximum Gasteiger partial charge on any atom is 0.405 e. The zero-order valence-electron chi connectivity index (χ0n) is 22.0. The normalized spacial score (nSPS) is 13.8. The average molecular weight is 501 g/mol. The Morgan fingerprint density at radius 1 is 1.00 bits per heavy atom. The molecule has 36 heavy (non-hydrogen) atoms. The second-order valence-electron chi connectivity index (χ2n) is 9.81. The molecule has 8 nitrogen and oxygen atoms in total. The smallest absolute Gasteiger partial charge is 0.405 e. The number of piperidine rings is 1. The van der Waals surface area contributed by atoms with Gasteiger partial charge in [0.15, 0.2) is 0 Å². The Kier molecular flexibility index (Phi) is 13.3. The van der Waals surface area contributed by atoms with Gasteiger partial charge in [-0.05, 0) is 95.9 Å². The summed E-state index contributed by atoms with van der Waals surface area (Å²) in [6.45, 7) is 10.2. The van der Waals surface area contributed by atoms with Gasteiger partial charge in [0, 0.05) is 6.42 Å². The molecule has 1 saturated heterocycles. The minimum absolute atomic E-state index is 0.0865. The first-order valence-electron chi connectivity index (χ1n) is 12.1. The standard InChI is InChI=1S/C16H14O4.C7H15N.C5H11NO2/c17-15(18)11-8-12-6-9-14(10-7-12)20-16(19)13-4-2-1-3-5-13;1-7-3-5-8(2)6-4-7;1-5(2,3)8-4(6)7/h1-7,9-10H,8,11H2,(H,17,18);7H,3-6H2,1-2H3;1-3H3,(H2,6,7). The summed E-state index contributed by atoms with van der Waals surface area (Å²) < 4.78 is 9.80. The predicted molar refractivity (Wildman–Crippen MR) is 140 cm³/mol. The number of aliphatic carboxylic acids is 1. The van der Waals surface area contributed by atoms with Gasteiger partial charge < -0.3 is 25.2 Å². The number of carboxylic acids is 1. The Hall–Kier alpha value is -3.39. The van der Waals surface area contributed by atoms with Crippen LogP contribution in [0.1, 0.15) is 62.9 Å². The molecule has 0 aromatic heterocycles. The zero-order chi connectivity index (χ0) is 27.1. The number of benzene rings is 2. The van der Waals surface area contributed by atoms with Gasteiger partial charge in [0.1, 0.15) is 11.4 Å². The lowest BCUT2D eigenvalue weighted by atomic mass is 10.00. The van der Waals surface area contributed by atoms with E-state index in [0.717, 1.165) is 11.5 Å². The van der Waals surface area contributed by atoms with Crippen molar-refractivity contribution in [2.45, 2.75) is 59.0 Å². The number of nitrogens with two attached hydrogens (primary N) is 1. The third-order valence-corrected chi connectivity index (χ3v) is 5.18. The van der Waals surface area contributed by atoms with E-state index in [0.29, 0.717) is 17.7 Å². The van der Waals surface area contributed by atoms with E-state index in [4.69, 9.17) is 15.6 Å².